The summed E-state index contributed by atoms with van der Waals surface area (Å²) in [5, 5.41) is 0. The van der Waals surface area contributed by atoms with Crippen LogP contribution < -0.4 is 0 Å². The minimum absolute atomic E-state index is 0.122. The number of rotatable bonds is 34. The second-order valence-corrected chi connectivity index (χ2v) is 12.8. The predicted octanol–water partition coefficient (Wildman–Crippen LogP) is 12.4. The molecule has 284 valence electrons. The van der Waals surface area contributed by atoms with Gasteiger partial charge in [-0.15, -0.1) is 0 Å². The van der Waals surface area contributed by atoms with E-state index in [0.717, 1.165) is 77.0 Å². The molecule has 6 nitrogen and oxygen atoms in total. The lowest BCUT2D eigenvalue weighted by molar-refractivity contribution is -0.166. The van der Waals surface area contributed by atoms with Crippen molar-refractivity contribution < 1.29 is 28.6 Å². The van der Waals surface area contributed by atoms with Gasteiger partial charge in [-0.05, 0) is 64.2 Å². The number of carbonyl (C=O) groups excluding carboxylic acids is 3. The van der Waals surface area contributed by atoms with E-state index in [1.165, 1.54) is 51.4 Å². The van der Waals surface area contributed by atoms with Gasteiger partial charge in [-0.3, -0.25) is 14.4 Å². The average Bonchev–Trinajstić information content (AvgIpc) is 3.11. The van der Waals surface area contributed by atoms with Crippen molar-refractivity contribution in [1.82, 2.24) is 0 Å². The third-order valence-electron chi connectivity index (χ3n) is 7.99. The summed E-state index contributed by atoms with van der Waals surface area (Å²) >= 11 is 0. The Kier molecular flexibility index (Phi) is 36.2. The topological polar surface area (TPSA) is 78.9 Å². The lowest BCUT2D eigenvalue weighted by Crippen LogP contribution is -2.30. The van der Waals surface area contributed by atoms with Crippen molar-refractivity contribution >= 4 is 17.9 Å². The van der Waals surface area contributed by atoms with Crippen molar-refractivity contribution in [1.29, 1.82) is 0 Å². The van der Waals surface area contributed by atoms with Gasteiger partial charge in [-0.25, -0.2) is 0 Å². The molecule has 0 rings (SSSR count). The van der Waals surface area contributed by atoms with E-state index in [4.69, 9.17) is 14.2 Å². The number of hydrogen-bond donors (Lipinski definition) is 0. The van der Waals surface area contributed by atoms with Gasteiger partial charge < -0.3 is 14.2 Å². The first-order valence-corrected chi connectivity index (χ1v) is 19.9. The third-order valence-corrected chi connectivity index (χ3v) is 7.99. The average molecular weight is 697 g/mol. The molecule has 0 bridgehead atoms. The van der Waals surface area contributed by atoms with E-state index in [0.29, 0.717) is 12.8 Å². The molecule has 0 heterocycles. The Bertz CT molecular complexity index is 986. The zero-order chi connectivity index (χ0) is 36.6. The van der Waals surface area contributed by atoms with Gasteiger partial charge in [-0.1, -0.05) is 158 Å². The minimum atomic E-state index is -0.820. The quantitative estimate of drug-likeness (QED) is 0.0288. The van der Waals surface area contributed by atoms with Gasteiger partial charge in [0.1, 0.15) is 13.2 Å². The van der Waals surface area contributed by atoms with Crippen LogP contribution in [0, 0.1) is 0 Å². The second kappa shape index (κ2) is 38.6. The van der Waals surface area contributed by atoms with Gasteiger partial charge in [0.05, 0.1) is 6.42 Å². The van der Waals surface area contributed by atoms with Crippen molar-refractivity contribution in [3.63, 3.8) is 0 Å². The summed E-state index contributed by atoms with van der Waals surface area (Å²) < 4.78 is 16.5. The maximum atomic E-state index is 12.6. The predicted molar refractivity (Wildman–Crippen MR) is 210 cm³/mol. The number of allylic oxidation sites excluding steroid dienone is 11. The van der Waals surface area contributed by atoms with Crippen molar-refractivity contribution in [3.05, 3.63) is 72.9 Å². The number of ether oxygens (including phenoxy) is 3. The Morgan fingerprint density at radius 2 is 0.860 bits per heavy atom. The first-order valence-electron chi connectivity index (χ1n) is 19.9. The van der Waals surface area contributed by atoms with E-state index < -0.39 is 12.1 Å². The fourth-order valence-corrected chi connectivity index (χ4v) is 5.04. The summed E-state index contributed by atoms with van der Waals surface area (Å²) in [5.74, 6) is -1.10. The Morgan fingerprint density at radius 3 is 1.40 bits per heavy atom. The lowest BCUT2D eigenvalue weighted by atomic mass is 10.1. The van der Waals surface area contributed by atoms with Crippen LogP contribution in [0.2, 0.25) is 0 Å². The van der Waals surface area contributed by atoms with E-state index in [9.17, 15) is 14.4 Å². The Morgan fingerprint density at radius 1 is 0.440 bits per heavy atom. The molecule has 0 aromatic rings. The zero-order valence-electron chi connectivity index (χ0n) is 32.1. The summed E-state index contributed by atoms with van der Waals surface area (Å²) in [5.41, 5.74) is 0. The Labute approximate surface area is 306 Å². The molecule has 0 aliphatic rings. The molecule has 0 amide bonds. The normalized spacial score (nSPS) is 12.8. The summed E-state index contributed by atoms with van der Waals surface area (Å²) in [6, 6.07) is 0. The van der Waals surface area contributed by atoms with Crippen LogP contribution in [0.4, 0.5) is 0 Å². The second-order valence-electron chi connectivity index (χ2n) is 12.8. The molecule has 0 aliphatic heterocycles. The summed E-state index contributed by atoms with van der Waals surface area (Å²) in [6.45, 7) is 6.22. The number of esters is 3. The van der Waals surface area contributed by atoms with Crippen molar-refractivity contribution in [3.8, 4) is 0 Å². The first kappa shape index (κ1) is 46.9. The zero-order valence-corrected chi connectivity index (χ0v) is 32.1. The highest BCUT2D eigenvalue weighted by atomic mass is 16.6. The van der Waals surface area contributed by atoms with E-state index in [2.05, 4.69) is 81.5 Å². The Hall–Kier alpha value is -3.15. The van der Waals surface area contributed by atoms with Gasteiger partial charge in [-0.2, -0.15) is 0 Å². The molecule has 0 fully saturated rings. The molecular weight excluding hydrogens is 624 g/mol. The molecule has 0 aromatic heterocycles. The van der Waals surface area contributed by atoms with Crippen LogP contribution in [-0.4, -0.2) is 37.2 Å². The number of unbranched alkanes of at least 4 members (excludes halogenated alkanes) is 12. The maximum absolute atomic E-state index is 12.6. The van der Waals surface area contributed by atoms with E-state index in [1.807, 2.05) is 6.08 Å². The van der Waals surface area contributed by atoms with Crippen LogP contribution in [0.5, 0.6) is 0 Å². The summed E-state index contributed by atoms with van der Waals surface area (Å²) in [4.78, 5) is 37.4. The summed E-state index contributed by atoms with van der Waals surface area (Å²) in [6.07, 6.45) is 46.4. The fourth-order valence-electron chi connectivity index (χ4n) is 5.04. The van der Waals surface area contributed by atoms with Crippen LogP contribution >= 0.6 is 0 Å². The highest BCUT2D eigenvalue weighted by Crippen LogP contribution is 2.13. The van der Waals surface area contributed by atoms with Crippen LogP contribution in [0.1, 0.15) is 168 Å². The van der Waals surface area contributed by atoms with Crippen molar-refractivity contribution in [2.24, 2.45) is 0 Å². The van der Waals surface area contributed by atoms with Gasteiger partial charge >= 0.3 is 17.9 Å². The smallest absolute Gasteiger partial charge is 0.309 e. The van der Waals surface area contributed by atoms with Crippen LogP contribution in [0.15, 0.2) is 72.9 Å². The SMILES string of the molecule is CC/C=C\C/C=C\C/C=C\CCCCC(=O)OCC(COC(=O)C/C=C\C/C=C\C/C=C\CC)OC(=O)CCCCCCCCCCCCC. The monoisotopic (exact) mass is 697 g/mol. The van der Waals surface area contributed by atoms with Crippen LogP contribution in [0.25, 0.3) is 0 Å². The molecule has 1 unspecified atom stereocenters. The molecule has 0 spiro atoms. The summed E-state index contributed by atoms with van der Waals surface area (Å²) in [7, 11) is 0. The van der Waals surface area contributed by atoms with Crippen molar-refractivity contribution in [2.45, 2.75) is 175 Å². The molecule has 6 heteroatoms. The largest absolute Gasteiger partial charge is 0.462 e. The van der Waals surface area contributed by atoms with Gasteiger partial charge in [0, 0.05) is 12.8 Å². The molecule has 0 saturated heterocycles. The number of carbonyl (C=O) groups is 3. The molecule has 0 radical (unpaired) electrons. The molecule has 50 heavy (non-hydrogen) atoms. The van der Waals surface area contributed by atoms with Crippen LogP contribution in [-0.2, 0) is 28.6 Å². The van der Waals surface area contributed by atoms with Gasteiger partial charge in [0.25, 0.3) is 0 Å². The highest BCUT2D eigenvalue weighted by Gasteiger charge is 2.19. The maximum Gasteiger partial charge on any atom is 0.309 e. The number of hydrogen-bond acceptors (Lipinski definition) is 6. The molecule has 0 N–H and O–H groups in total. The third kappa shape index (κ3) is 36.1. The highest BCUT2D eigenvalue weighted by molar-refractivity contribution is 5.72. The molecule has 0 aromatic carbocycles. The molecule has 0 aliphatic carbocycles. The molecule has 1 atom stereocenters. The van der Waals surface area contributed by atoms with Crippen molar-refractivity contribution in [2.75, 3.05) is 13.2 Å². The standard InChI is InChI=1S/C44H72O6/c1-4-7-10-13-16-19-21-23-25-28-31-34-37-43(46)49-40-41(39-48-42(45)36-33-30-27-24-18-15-12-9-6-3)50-44(47)38-35-32-29-26-22-20-17-14-11-8-5-2/h7,9-10,12,16,18-19,23-25,30,33,41H,4-6,8,11,13-15,17,20-22,26-29,31-32,34-40H2,1-3H3/b10-7-,12-9-,19-16-,24-18-,25-23-,33-30-. The van der Waals surface area contributed by atoms with Crippen LogP contribution in [0.3, 0.4) is 0 Å². The molecular formula is C44H72O6. The Balaban J connectivity index is 4.53. The van der Waals surface area contributed by atoms with Gasteiger partial charge in [0.15, 0.2) is 6.10 Å². The van der Waals surface area contributed by atoms with E-state index in [1.54, 1.807) is 6.08 Å². The van der Waals surface area contributed by atoms with Gasteiger partial charge in [0.2, 0.25) is 0 Å². The molecule has 0 saturated carbocycles. The first-order chi connectivity index (χ1) is 24.5. The van der Waals surface area contributed by atoms with E-state index in [-0.39, 0.29) is 31.6 Å². The lowest BCUT2D eigenvalue weighted by Gasteiger charge is -2.18. The minimum Gasteiger partial charge on any atom is -0.462 e. The van der Waals surface area contributed by atoms with E-state index >= 15 is 0 Å². The fraction of sp³-hybridized carbons (Fsp3) is 0.659.